The van der Waals surface area contributed by atoms with Crippen molar-refractivity contribution in [1.29, 1.82) is 0 Å². The van der Waals surface area contributed by atoms with E-state index in [2.05, 4.69) is 4.98 Å². The molecule has 0 fully saturated rings. The zero-order chi connectivity index (χ0) is 16.4. The van der Waals surface area contributed by atoms with Gasteiger partial charge in [-0.1, -0.05) is 11.6 Å². The number of aromatic nitrogens is 1. The van der Waals surface area contributed by atoms with Gasteiger partial charge in [-0.2, -0.15) is 4.98 Å². The van der Waals surface area contributed by atoms with Crippen LogP contribution in [-0.2, 0) is 4.79 Å². The minimum atomic E-state index is -0.483. The SMILES string of the molecule is CC(=O)[C@@H](C)Oc1ccc(Oc2nc3ccc(Cl)cc3o2)cc1. The van der Waals surface area contributed by atoms with Gasteiger partial charge in [0.1, 0.15) is 17.0 Å². The topological polar surface area (TPSA) is 61.6 Å². The van der Waals surface area contributed by atoms with Crippen LogP contribution < -0.4 is 9.47 Å². The molecule has 0 unspecified atom stereocenters. The van der Waals surface area contributed by atoms with E-state index >= 15 is 0 Å². The molecule has 3 rings (SSSR count). The van der Waals surface area contributed by atoms with Crippen molar-refractivity contribution >= 4 is 28.5 Å². The monoisotopic (exact) mass is 331 g/mol. The standard InChI is InChI=1S/C17H14ClNO4/c1-10(20)11(2)21-13-4-6-14(7-5-13)22-17-19-15-8-3-12(18)9-16(15)23-17/h3-9,11H,1-2H3/t11-/m1/s1. The number of carbonyl (C=O) groups excluding carboxylic acids is 1. The van der Waals surface area contributed by atoms with Gasteiger partial charge in [-0.25, -0.2) is 0 Å². The van der Waals surface area contributed by atoms with E-state index in [0.717, 1.165) is 0 Å². The van der Waals surface area contributed by atoms with Gasteiger partial charge in [-0.3, -0.25) is 4.79 Å². The first-order chi connectivity index (χ1) is 11.0. The molecule has 6 heteroatoms. The zero-order valence-corrected chi connectivity index (χ0v) is 13.3. The number of ether oxygens (including phenoxy) is 2. The Hall–Kier alpha value is -2.53. The van der Waals surface area contributed by atoms with Crippen LogP contribution in [0.25, 0.3) is 11.1 Å². The van der Waals surface area contributed by atoms with Crippen LogP contribution in [0, 0.1) is 0 Å². The van der Waals surface area contributed by atoms with Crippen LogP contribution in [-0.4, -0.2) is 16.9 Å². The Morgan fingerprint density at radius 1 is 1.17 bits per heavy atom. The van der Waals surface area contributed by atoms with Gasteiger partial charge in [0.15, 0.2) is 17.5 Å². The van der Waals surface area contributed by atoms with Gasteiger partial charge < -0.3 is 13.9 Å². The van der Waals surface area contributed by atoms with Crippen LogP contribution >= 0.6 is 11.6 Å². The summed E-state index contributed by atoms with van der Waals surface area (Å²) in [7, 11) is 0. The average Bonchev–Trinajstić information content (AvgIpc) is 2.90. The summed E-state index contributed by atoms with van der Waals surface area (Å²) in [4.78, 5) is 15.4. The van der Waals surface area contributed by atoms with Crippen molar-refractivity contribution in [2.45, 2.75) is 20.0 Å². The highest BCUT2D eigenvalue weighted by Crippen LogP contribution is 2.28. The van der Waals surface area contributed by atoms with Crippen molar-refractivity contribution < 1.29 is 18.7 Å². The Morgan fingerprint density at radius 2 is 1.87 bits per heavy atom. The van der Waals surface area contributed by atoms with Gasteiger partial charge in [0, 0.05) is 11.1 Å². The third kappa shape index (κ3) is 3.63. The van der Waals surface area contributed by atoms with Crippen molar-refractivity contribution in [1.82, 2.24) is 4.98 Å². The Kier molecular flexibility index (Phi) is 4.21. The van der Waals surface area contributed by atoms with Gasteiger partial charge in [0.2, 0.25) is 0 Å². The number of Topliss-reactive ketones (excluding diaryl/α,β-unsaturated/α-hetero) is 1. The summed E-state index contributed by atoms with van der Waals surface area (Å²) in [6.45, 7) is 3.19. The lowest BCUT2D eigenvalue weighted by Gasteiger charge is -2.11. The van der Waals surface area contributed by atoms with Crippen molar-refractivity contribution in [3.63, 3.8) is 0 Å². The minimum Gasteiger partial charge on any atom is -0.483 e. The van der Waals surface area contributed by atoms with Gasteiger partial charge in [-0.05, 0) is 50.2 Å². The maximum absolute atomic E-state index is 11.2. The number of oxazole rings is 1. The van der Waals surface area contributed by atoms with E-state index in [1.165, 1.54) is 6.92 Å². The number of nitrogens with zero attached hydrogens (tertiary/aromatic N) is 1. The number of carbonyl (C=O) groups is 1. The normalized spacial score (nSPS) is 12.1. The fourth-order valence-electron chi connectivity index (χ4n) is 1.90. The van der Waals surface area contributed by atoms with Crippen LogP contribution in [0.1, 0.15) is 13.8 Å². The second-order valence-electron chi connectivity index (χ2n) is 5.04. The Balaban J connectivity index is 1.73. The van der Waals surface area contributed by atoms with E-state index in [1.807, 2.05) is 0 Å². The predicted molar refractivity (Wildman–Crippen MR) is 86.3 cm³/mol. The summed E-state index contributed by atoms with van der Waals surface area (Å²) in [6.07, 6.45) is -0.350. The van der Waals surface area contributed by atoms with E-state index in [-0.39, 0.29) is 11.9 Å². The molecule has 0 saturated carbocycles. The number of ketones is 1. The fraction of sp³-hybridized carbons (Fsp3) is 0.176. The van der Waals surface area contributed by atoms with E-state index < -0.39 is 6.10 Å². The Labute approximate surface area is 137 Å². The third-order valence-electron chi connectivity index (χ3n) is 3.25. The van der Waals surface area contributed by atoms with Crippen molar-refractivity contribution in [3.8, 4) is 17.6 Å². The number of benzene rings is 2. The first-order valence-corrected chi connectivity index (χ1v) is 7.40. The molecule has 0 amide bonds. The summed E-state index contributed by atoms with van der Waals surface area (Å²) < 4.78 is 16.5. The van der Waals surface area contributed by atoms with Crippen molar-refractivity contribution in [2.75, 3.05) is 0 Å². The molecule has 1 atom stereocenters. The van der Waals surface area contributed by atoms with Crippen LogP contribution in [0.2, 0.25) is 5.02 Å². The molecule has 0 spiro atoms. The average molecular weight is 332 g/mol. The quantitative estimate of drug-likeness (QED) is 0.682. The molecule has 0 aliphatic rings. The third-order valence-corrected chi connectivity index (χ3v) is 3.48. The number of hydrogen-bond donors (Lipinski definition) is 0. The van der Waals surface area contributed by atoms with Gasteiger partial charge in [0.25, 0.3) is 0 Å². The van der Waals surface area contributed by atoms with Crippen LogP contribution in [0.3, 0.4) is 0 Å². The molecule has 0 N–H and O–H groups in total. The summed E-state index contributed by atoms with van der Waals surface area (Å²) in [6, 6.07) is 12.0. The minimum absolute atomic E-state index is 0.0320. The number of fused-ring (bicyclic) bond motifs is 1. The van der Waals surface area contributed by atoms with Crippen molar-refractivity contribution in [3.05, 3.63) is 47.5 Å². The molecule has 0 radical (unpaired) electrons. The first kappa shape index (κ1) is 15.4. The highest BCUT2D eigenvalue weighted by molar-refractivity contribution is 6.31. The molecule has 118 valence electrons. The van der Waals surface area contributed by atoms with Crippen molar-refractivity contribution in [2.24, 2.45) is 0 Å². The molecule has 23 heavy (non-hydrogen) atoms. The van der Waals surface area contributed by atoms with E-state index in [1.54, 1.807) is 49.4 Å². The molecule has 3 aromatic rings. The van der Waals surface area contributed by atoms with Gasteiger partial charge >= 0.3 is 6.08 Å². The Morgan fingerprint density at radius 3 is 2.57 bits per heavy atom. The number of halogens is 1. The highest BCUT2D eigenvalue weighted by atomic mass is 35.5. The Bertz CT molecular complexity index is 841. The van der Waals surface area contributed by atoms with E-state index in [4.69, 9.17) is 25.5 Å². The fourth-order valence-corrected chi connectivity index (χ4v) is 2.06. The van der Waals surface area contributed by atoms with Gasteiger partial charge in [0.05, 0.1) is 0 Å². The largest absolute Gasteiger partial charge is 0.483 e. The maximum atomic E-state index is 11.2. The highest BCUT2D eigenvalue weighted by Gasteiger charge is 2.11. The smallest absolute Gasteiger partial charge is 0.400 e. The summed E-state index contributed by atoms with van der Waals surface area (Å²) in [5, 5.41) is 0.571. The number of rotatable bonds is 5. The molecular weight excluding hydrogens is 318 g/mol. The summed E-state index contributed by atoms with van der Waals surface area (Å²) in [5.74, 6) is 1.10. The van der Waals surface area contributed by atoms with Crippen LogP contribution in [0.5, 0.6) is 17.6 Å². The second kappa shape index (κ2) is 6.30. The molecule has 0 bridgehead atoms. The molecule has 5 nitrogen and oxygen atoms in total. The number of hydrogen-bond acceptors (Lipinski definition) is 5. The predicted octanol–water partition coefficient (Wildman–Crippen LogP) is 4.63. The lowest BCUT2D eigenvalue weighted by atomic mass is 10.3. The zero-order valence-electron chi connectivity index (χ0n) is 12.6. The van der Waals surface area contributed by atoms with Crippen LogP contribution in [0.4, 0.5) is 0 Å². The lowest BCUT2D eigenvalue weighted by molar-refractivity contribution is -0.122. The molecule has 2 aromatic carbocycles. The second-order valence-corrected chi connectivity index (χ2v) is 5.47. The molecule has 0 aliphatic carbocycles. The summed E-state index contributed by atoms with van der Waals surface area (Å²) >= 11 is 5.90. The molecule has 0 saturated heterocycles. The molecule has 0 aliphatic heterocycles. The molecular formula is C17H14ClNO4. The lowest BCUT2D eigenvalue weighted by Crippen LogP contribution is -2.20. The first-order valence-electron chi connectivity index (χ1n) is 7.02. The van der Waals surface area contributed by atoms with Gasteiger partial charge in [-0.15, -0.1) is 0 Å². The summed E-state index contributed by atoms with van der Waals surface area (Å²) in [5.41, 5.74) is 1.22. The van der Waals surface area contributed by atoms with E-state index in [9.17, 15) is 4.79 Å². The maximum Gasteiger partial charge on any atom is 0.400 e. The van der Waals surface area contributed by atoms with Crippen LogP contribution in [0.15, 0.2) is 46.9 Å². The van der Waals surface area contributed by atoms with E-state index in [0.29, 0.717) is 27.6 Å². The molecule has 1 aromatic heterocycles. The molecule has 1 heterocycles.